The van der Waals surface area contributed by atoms with Crippen molar-refractivity contribution >= 4 is 11.9 Å². The number of hydrogen-bond donors (Lipinski definition) is 2. The zero-order valence-electron chi connectivity index (χ0n) is 17.2. The molecule has 2 rings (SSSR count). The summed E-state index contributed by atoms with van der Waals surface area (Å²) >= 11 is 0. The molecule has 0 fully saturated rings. The maximum atomic E-state index is 11.8. The van der Waals surface area contributed by atoms with E-state index in [9.17, 15) is 19.8 Å². The van der Waals surface area contributed by atoms with Crippen LogP contribution in [0.4, 0.5) is 0 Å². The first-order valence-electron chi connectivity index (χ1n) is 10.5. The van der Waals surface area contributed by atoms with Crippen molar-refractivity contribution in [2.75, 3.05) is 0 Å². The van der Waals surface area contributed by atoms with Crippen LogP contribution < -0.4 is 9.47 Å². The van der Waals surface area contributed by atoms with Crippen molar-refractivity contribution in [2.24, 2.45) is 0 Å². The Balaban J connectivity index is 1.40. The summed E-state index contributed by atoms with van der Waals surface area (Å²) in [6.07, 6.45) is 8.77. The molecule has 0 heterocycles. The second-order valence-corrected chi connectivity index (χ2v) is 7.26. The topological polar surface area (TPSA) is 93.1 Å². The maximum absolute atomic E-state index is 11.8. The van der Waals surface area contributed by atoms with Gasteiger partial charge in [-0.3, -0.25) is 9.59 Å². The molecule has 2 aromatic rings. The van der Waals surface area contributed by atoms with Gasteiger partial charge in [0.2, 0.25) is 0 Å². The molecule has 30 heavy (non-hydrogen) atoms. The Kier molecular flexibility index (Phi) is 10.3. The van der Waals surface area contributed by atoms with Crippen molar-refractivity contribution in [1.82, 2.24) is 0 Å². The zero-order chi connectivity index (χ0) is 21.6. The number of carbonyl (C=O) groups excluding carboxylic acids is 2. The fourth-order valence-electron chi connectivity index (χ4n) is 2.99. The number of rotatable bonds is 13. The number of phenolic OH excluding ortho intramolecular Hbond substituents is 2. The molecule has 162 valence electrons. The van der Waals surface area contributed by atoms with Crippen molar-refractivity contribution in [3.63, 3.8) is 0 Å². The van der Waals surface area contributed by atoms with E-state index in [0.717, 1.165) is 51.4 Å². The van der Waals surface area contributed by atoms with E-state index in [4.69, 9.17) is 9.47 Å². The van der Waals surface area contributed by atoms with Crippen LogP contribution in [0.25, 0.3) is 0 Å². The number of benzene rings is 2. The lowest BCUT2D eigenvalue weighted by Gasteiger charge is -2.05. The van der Waals surface area contributed by atoms with E-state index in [0.29, 0.717) is 24.3 Å². The monoisotopic (exact) mass is 414 g/mol. The van der Waals surface area contributed by atoms with Crippen molar-refractivity contribution in [2.45, 2.75) is 64.2 Å². The zero-order valence-corrected chi connectivity index (χ0v) is 17.2. The highest BCUT2D eigenvalue weighted by Gasteiger charge is 2.06. The number of ether oxygens (including phenoxy) is 2. The Morgan fingerprint density at radius 1 is 0.533 bits per heavy atom. The van der Waals surface area contributed by atoms with Gasteiger partial charge in [0.05, 0.1) is 0 Å². The fourth-order valence-corrected chi connectivity index (χ4v) is 2.99. The van der Waals surface area contributed by atoms with E-state index in [1.54, 1.807) is 24.3 Å². The molecule has 0 bridgehead atoms. The lowest BCUT2D eigenvalue weighted by Crippen LogP contribution is -2.07. The van der Waals surface area contributed by atoms with Crippen LogP contribution in [-0.2, 0) is 9.59 Å². The molecule has 0 aliphatic heterocycles. The number of esters is 2. The molecular formula is C24H30O6. The van der Waals surface area contributed by atoms with Gasteiger partial charge in [-0.05, 0) is 61.4 Å². The minimum absolute atomic E-state index is 0.142. The van der Waals surface area contributed by atoms with Gasteiger partial charge in [-0.2, -0.15) is 0 Å². The van der Waals surface area contributed by atoms with Gasteiger partial charge in [-0.1, -0.05) is 38.5 Å². The summed E-state index contributed by atoms with van der Waals surface area (Å²) in [6.45, 7) is 0. The predicted molar refractivity (Wildman–Crippen MR) is 114 cm³/mol. The molecule has 0 aliphatic rings. The standard InChI is InChI=1S/C24H30O6/c25-19-11-15-21(16-12-19)29-23(27)9-7-5-3-1-2-4-6-8-10-24(28)30-22-17-13-20(26)14-18-22/h11-18,25-26H,1-10H2. The third-order valence-corrected chi connectivity index (χ3v) is 4.65. The Labute approximate surface area is 177 Å². The minimum atomic E-state index is -0.250. The van der Waals surface area contributed by atoms with Crippen LogP contribution in [0.15, 0.2) is 48.5 Å². The van der Waals surface area contributed by atoms with Gasteiger partial charge in [0.25, 0.3) is 0 Å². The summed E-state index contributed by atoms with van der Waals surface area (Å²) in [7, 11) is 0. The van der Waals surface area contributed by atoms with Gasteiger partial charge in [-0.25, -0.2) is 0 Å². The molecule has 6 nitrogen and oxygen atoms in total. The molecule has 0 atom stereocenters. The summed E-state index contributed by atoms with van der Waals surface area (Å²) in [5.74, 6) is 0.682. The smallest absolute Gasteiger partial charge is 0.311 e. The van der Waals surface area contributed by atoms with Crippen LogP contribution in [0.5, 0.6) is 23.0 Å². The van der Waals surface area contributed by atoms with Crippen LogP contribution in [0.3, 0.4) is 0 Å². The van der Waals surface area contributed by atoms with E-state index < -0.39 is 0 Å². The van der Waals surface area contributed by atoms with Crippen LogP contribution in [0.2, 0.25) is 0 Å². The second kappa shape index (κ2) is 13.2. The van der Waals surface area contributed by atoms with Gasteiger partial charge in [-0.15, -0.1) is 0 Å². The first kappa shape index (κ1) is 23.3. The van der Waals surface area contributed by atoms with E-state index in [1.165, 1.54) is 24.3 Å². The van der Waals surface area contributed by atoms with E-state index >= 15 is 0 Å². The van der Waals surface area contributed by atoms with E-state index in [2.05, 4.69) is 0 Å². The molecule has 6 heteroatoms. The Morgan fingerprint density at radius 3 is 1.17 bits per heavy atom. The molecule has 0 aromatic heterocycles. The first-order valence-corrected chi connectivity index (χ1v) is 10.5. The Bertz CT molecular complexity index is 700. The first-order chi connectivity index (χ1) is 14.5. The van der Waals surface area contributed by atoms with Gasteiger partial charge in [0, 0.05) is 12.8 Å². The van der Waals surface area contributed by atoms with Crippen LogP contribution in [-0.4, -0.2) is 22.2 Å². The van der Waals surface area contributed by atoms with Crippen molar-refractivity contribution in [3.8, 4) is 23.0 Å². The maximum Gasteiger partial charge on any atom is 0.311 e. The largest absolute Gasteiger partial charge is 0.508 e. The molecular weight excluding hydrogens is 384 g/mol. The molecule has 0 saturated heterocycles. The summed E-state index contributed by atoms with van der Waals surface area (Å²) in [5.41, 5.74) is 0. The van der Waals surface area contributed by atoms with Crippen molar-refractivity contribution < 1.29 is 29.3 Å². The van der Waals surface area contributed by atoms with Gasteiger partial charge in [0.1, 0.15) is 23.0 Å². The highest BCUT2D eigenvalue weighted by Crippen LogP contribution is 2.18. The lowest BCUT2D eigenvalue weighted by atomic mass is 10.1. The number of aromatic hydroxyl groups is 2. The number of unbranched alkanes of at least 4 members (excludes halogenated alkanes) is 7. The number of carbonyl (C=O) groups is 2. The normalized spacial score (nSPS) is 10.5. The van der Waals surface area contributed by atoms with E-state index in [-0.39, 0.29) is 23.4 Å². The third-order valence-electron chi connectivity index (χ3n) is 4.65. The highest BCUT2D eigenvalue weighted by molar-refractivity contribution is 5.72. The minimum Gasteiger partial charge on any atom is -0.508 e. The predicted octanol–water partition coefficient (Wildman–Crippen LogP) is 5.51. The van der Waals surface area contributed by atoms with Gasteiger partial charge < -0.3 is 19.7 Å². The van der Waals surface area contributed by atoms with Gasteiger partial charge in [0.15, 0.2) is 0 Å². The molecule has 0 saturated carbocycles. The van der Waals surface area contributed by atoms with Gasteiger partial charge >= 0.3 is 11.9 Å². The van der Waals surface area contributed by atoms with Crippen molar-refractivity contribution in [1.29, 1.82) is 0 Å². The SMILES string of the molecule is O=C(CCCCCCCCCCC(=O)Oc1ccc(O)cc1)Oc1ccc(O)cc1. The fraction of sp³-hybridized carbons (Fsp3) is 0.417. The highest BCUT2D eigenvalue weighted by atomic mass is 16.5. The summed E-state index contributed by atoms with van der Waals surface area (Å²) in [4.78, 5) is 23.5. The van der Waals surface area contributed by atoms with Crippen molar-refractivity contribution in [3.05, 3.63) is 48.5 Å². The second-order valence-electron chi connectivity index (χ2n) is 7.26. The van der Waals surface area contributed by atoms with Crippen LogP contribution in [0.1, 0.15) is 64.2 Å². The molecule has 0 unspecified atom stereocenters. The Hall–Kier alpha value is -3.02. The quantitative estimate of drug-likeness (QED) is 0.255. The average molecular weight is 414 g/mol. The summed E-state index contributed by atoms with van der Waals surface area (Å²) in [6, 6.07) is 12.2. The lowest BCUT2D eigenvalue weighted by molar-refractivity contribution is -0.135. The van der Waals surface area contributed by atoms with Crippen LogP contribution >= 0.6 is 0 Å². The van der Waals surface area contributed by atoms with Crippen LogP contribution in [0, 0.1) is 0 Å². The third kappa shape index (κ3) is 9.96. The molecule has 0 amide bonds. The molecule has 2 N–H and O–H groups in total. The number of hydrogen-bond acceptors (Lipinski definition) is 6. The summed E-state index contributed by atoms with van der Waals surface area (Å²) in [5, 5.41) is 18.4. The molecule has 0 spiro atoms. The average Bonchev–Trinajstić information content (AvgIpc) is 2.73. The summed E-state index contributed by atoms with van der Waals surface area (Å²) < 4.78 is 10.4. The molecule has 2 aromatic carbocycles. The Morgan fingerprint density at radius 2 is 0.833 bits per heavy atom. The molecule has 0 aliphatic carbocycles. The van der Waals surface area contributed by atoms with E-state index in [1.807, 2.05) is 0 Å². The molecule has 0 radical (unpaired) electrons. The number of phenols is 2.